The first kappa shape index (κ1) is 13.4. The summed E-state index contributed by atoms with van der Waals surface area (Å²) in [6.45, 7) is 4.14. The van der Waals surface area contributed by atoms with E-state index in [0.717, 1.165) is 10.7 Å². The summed E-state index contributed by atoms with van der Waals surface area (Å²) in [6, 6.07) is -0.853. The summed E-state index contributed by atoms with van der Waals surface area (Å²) in [4.78, 5) is 10.9. The third kappa shape index (κ3) is 2.95. The minimum absolute atomic E-state index is 0.0489. The number of hydrogen-bond donors (Lipinski definition) is 1. The van der Waals surface area contributed by atoms with Crippen LogP contribution in [0.1, 0.15) is 33.1 Å². The van der Waals surface area contributed by atoms with Crippen LogP contribution in [0.5, 0.6) is 0 Å². The maximum atomic E-state index is 12.0. The van der Waals surface area contributed by atoms with Gasteiger partial charge in [0.1, 0.15) is 6.04 Å². The molecule has 0 amide bonds. The largest absolute Gasteiger partial charge is 0.480 e. The second-order valence-electron chi connectivity index (χ2n) is 4.40. The van der Waals surface area contributed by atoms with Crippen molar-refractivity contribution in [3.8, 4) is 0 Å². The van der Waals surface area contributed by atoms with Crippen LogP contribution in [-0.2, 0) is 14.8 Å². The van der Waals surface area contributed by atoms with E-state index in [1.807, 2.05) is 13.8 Å². The lowest BCUT2D eigenvalue weighted by Crippen LogP contribution is -2.42. The van der Waals surface area contributed by atoms with Crippen molar-refractivity contribution in [2.24, 2.45) is 5.92 Å². The summed E-state index contributed by atoms with van der Waals surface area (Å²) in [7, 11) is -3.41. The van der Waals surface area contributed by atoms with Gasteiger partial charge in [0.15, 0.2) is 0 Å². The fourth-order valence-corrected chi connectivity index (χ4v) is 4.03. The molecule has 94 valence electrons. The van der Waals surface area contributed by atoms with E-state index in [-0.39, 0.29) is 11.7 Å². The number of nitrogens with zero attached hydrogens (tertiary/aromatic N) is 1. The molecular formula is C10H19NO4S. The van der Waals surface area contributed by atoms with Crippen molar-refractivity contribution in [2.45, 2.75) is 39.2 Å². The van der Waals surface area contributed by atoms with Crippen molar-refractivity contribution in [1.82, 2.24) is 4.31 Å². The van der Waals surface area contributed by atoms with E-state index in [9.17, 15) is 13.2 Å². The molecule has 0 aliphatic carbocycles. The Hall–Kier alpha value is -0.620. The average Bonchev–Trinajstić information content (AvgIpc) is 2.65. The van der Waals surface area contributed by atoms with Gasteiger partial charge in [-0.15, -0.1) is 0 Å². The molecule has 0 bridgehead atoms. The zero-order chi connectivity index (χ0) is 12.3. The van der Waals surface area contributed by atoms with Gasteiger partial charge in [-0.2, -0.15) is 4.31 Å². The molecule has 1 aliphatic heterocycles. The summed E-state index contributed by atoms with van der Waals surface area (Å²) in [5.41, 5.74) is 0. The summed E-state index contributed by atoms with van der Waals surface area (Å²) in [5.74, 6) is -0.918. The Labute approximate surface area is 96.5 Å². The molecule has 1 rings (SSSR count). The minimum atomic E-state index is -3.41. The van der Waals surface area contributed by atoms with E-state index >= 15 is 0 Å². The number of sulfonamides is 1. The first-order chi connectivity index (χ1) is 7.38. The van der Waals surface area contributed by atoms with Crippen LogP contribution in [0.2, 0.25) is 0 Å². The topological polar surface area (TPSA) is 74.7 Å². The lowest BCUT2D eigenvalue weighted by molar-refractivity contribution is -0.140. The van der Waals surface area contributed by atoms with E-state index < -0.39 is 22.0 Å². The molecule has 1 N–H and O–H groups in total. The molecule has 0 saturated carbocycles. The molecule has 1 heterocycles. The lowest BCUT2D eigenvalue weighted by Gasteiger charge is -2.22. The van der Waals surface area contributed by atoms with Crippen LogP contribution in [-0.4, -0.2) is 42.1 Å². The van der Waals surface area contributed by atoms with E-state index in [4.69, 9.17) is 5.11 Å². The van der Waals surface area contributed by atoms with Crippen LogP contribution >= 0.6 is 0 Å². The highest BCUT2D eigenvalue weighted by atomic mass is 32.2. The Bertz CT molecular complexity index is 352. The van der Waals surface area contributed by atoms with Crippen LogP contribution in [0, 0.1) is 5.92 Å². The standard InChI is InChI=1S/C10H19NO4S/c1-3-8(2)7-16(14,15)11-6-4-5-9(11)10(12)13/h8-9H,3-7H2,1-2H3,(H,12,13). The molecular weight excluding hydrogens is 230 g/mol. The van der Waals surface area contributed by atoms with Crippen molar-refractivity contribution in [2.75, 3.05) is 12.3 Å². The Morgan fingerprint density at radius 1 is 1.56 bits per heavy atom. The van der Waals surface area contributed by atoms with Crippen LogP contribution in [0.3, 0.4) is 0 Å². The lowest BCUT2D eigenvalue weighted by atomic mass is 10.2. The van der Waals surface area contributed by atoms with Gasteiger partial charge in [-0.05, 0) is 18.8 Å². The van der Waals surface area contributed by atoms with Gasteiger partial charge >= 0.3 is 5.97 Å². The normalized spacial score (nSPS) is 24.5. The van der Waals surface area contributed by atoms with E-state index in [1.54, 1.807) is 0 Å². The third-order valence-corrected chi connectivity index (χ3v) is 5.18. The van der Waals surface area contributed by atoms with Crippen molar-refractivity contribution in [3.63, 3.8) is 0 Å². The fraction of sp³-hybridized carbons (Fsp3) is 0.900. The van der Waals surface area contributed by atoms with Gasteiger partial charge in [-0.3, -0.25) is 4.79 Å². The first-order valence-electron chi connectivity index (χ1n) is 5.60. The molecule has 16 heavy (non-hydrogen) atoms. The number of carbonyl (C=O) groups is 1. The monoisotopic (exact) mass is 249 g/mol. The molecule has 1 fully saturated rings. The first-order valence-corrected chi connectivity index (χ1v) is 7.21. The number of rotatable bonds is 5. The second kappa shape index (κ2) is 5.14. The van der Waals surface area contributed by atoms with Gasteiger partial charge in [0.05, 0.1) is 5.75 Å². The quantitative estimate of drug-likeness (QED) is 0.786. The van der Waals surface area contributed by atoms with Gasteiger partial charge in [0, 0.05) is 6.54 Å². The molecule has 6 heteroatoms. The predicted octanol–water partition coefficient (Wildman–Crippen LogP) is 0.911. The average molecular weight is 249 g/mol. The van der Waals surface area contributed by atoms with Crippen LogP contribution in [0.15, 0.2) is 0 Å². The second-order valence-corrected chi connectivity index (χ2v) is 6.37. The van der Waals surface area contributed by atoms with Gasteiger partial charge in [0.2, 0.25) is 10.0 Å². The molecule has 2 atom stereocenters. The van der Waals surface area contributed by atoms with Gasteiger partial charge in [0.25, 0.3) is 0 Å². The summed E-state index contributed by atoms with van der Waals surface area (Å²) >= 11 is 0. The number of carboxylic acids is 1. The zero-order valence-electron chi connectivity index (χ0n) is 9.72. The van der Waals surface area contributed by atoms with Crippen molar-refractivity contribution in [3.05, 3.63) is 0 Å². The molecule has 0 aromatic rings. The van der Waals surface area contributed by atoms with Crippen molar-refractivity contribution < 1.29 is 18.3 Å². The molecule has 0 aromatic heterocycles. The molecule has 2 unspecified atom stereocenters. The highest BCUT2D eigenvalue weighted by molar-refractivity contribution is 7.89. The molecule has 1 aliphatic rings. The van der Waals surface area contributed by atoms with Crippen molar-refractivity contribution >= 4 is 16.0 Å². The van der Waals surface area contributed by atoms with Gasteiger partial charge < -0.3 is 5.11 Å². The van der Waals surface area contributed by atoms with Crippen LogP contribution in [0.4, 0.5) is 0 Å². The molecule has 0 radical (unpaired) electrons. The molecule has 0 aromatic carbocycles. The SMILES string of the molecule is CCC(C)CS(=O)(=O)N1CCCC1C(=O)O. The number of hydrogen-bond acceptors (Lipinski definition) is 3. The van der Waals surface area contributed by atoms with Gasteiger partial charge in [-0.1, -0.05) is 20.3 Å². The third-order valence-electron chi connectivity index (χ3n) is 3.04. The maximum absolute atomic E-state index is 12.0. The zero-order valence-corrected chi connectivity index (χ0v) is 10.5. The smallest absolute Gasteiger partial charge is 0.322 e. The van der Waals surface area contributed by atoms with Crippen LogP contribution < -0.4 is 0 Å². The Balaban J connectivity index is 2.79. The Kier molecular flexibility index (Phi) is 4.32. The van der Waals surface area contributed by atoms with Gasteiger partial charge in [-0.25, -0.2) is 8.42 Å². The summed E-state index contributed by atoms with van der Waals surface area (Å²) < 4.78 is 25.1. The highest BCUT2D eigenvalue weighted by Crippen LogP contribution is 2.23. The Morgan fingerprint density at radius 2 is 2.19 bits per heavy atom. The molecule has 0 spiro atoms. The number of carboxylic acid groups (broad SMARTS) is 1. The Morgan fingerprint density at radius 3 is 2.69 bits per heavy atom. The summed E-state index contributed by atoms with van der Waals surface area (Å²) in [6.07, 6.45) is 1.84. The maximum Gasteiger partial charge on any atom is 0.322 e. The number of aliphatic carboxylic acids is 1. The fourth-order valence-electron chi connectivity index (χ4n) is 1.89. The molecule has 1 saturated heterocycles. The van der Waals surface area contributed by atoms with Crippen LogP contribution in [0.25, 0.3) is 0 Å². The minimum Gasteiger partial charge on any atom is -0.480 e. The summed E-state index contributed by atoms with van der Waals surface area (Å²) in [5, 5.41) is 8.93. The molecule has 5 nitrogen and oxygen atoms in total. The van der Waals surface area contributed by atoms with E-state index in [1.165, 1.54) is 0 Å². The highest BCUT2D eigenvalue weighted by Gasteiger charge is 2.38. The van der Waals surface area contributed by atoms with Crippen molar-refractivity contribution in [1.29, 1.82) is 0 Å². The van der Waals surface area contributed by atoms with E-state index in [2.05, 4.69) is 0 Å². The van der Waals surface area contributed by atoms with E-state index in [0.29, 0.717) is 19.4 Å². The predicted molar refractivity (Wildman–Crippen MR) is 60.6 cm³/mol.